The van der Waals surface area contributed by atoms with Gasteiger partial charge < -0.3 is 9.80 Å². The molecule has 1 saturated carbocycles. The maximum atomic E-state index is 14.2. The predicted molar refractivity (Wildman–Crippen MR) is 140 cm³/mol. The fourth-order valence-corrected chi connectivity index (χ4v) is 6.72. The number of nitrogens with zero attached hydrogens (tertiary/aromatic N) is 5. The van der Waals surface area contributed by atoms with Gasteiger partial charge in [-0.2, -0.15) is 22.6 Å². The molecule has 1 aliphatic carbocycles. The van der Waals surface area contributed by atoms with E-state index in [1.807, 2.05) is 0 Å². The minimum atomic E-state index is -4.66. The van der Waals surface area contributed by atoms with Crippen LogP contribution in [0.1, 0.15) is 36.6 Å². The zero-order valence-electron chi connectivity index (χ0n) is 21.8. The Kier molecular flexibility index (Phi) is 7.47. The van der Waals surface area contributed by atoms with Gasteiger partial charge in [0.25, 0.3) is 0 Å². The van der Waals surface area contributed by atoms with Gasteiger partial charge >= 0.3 is 6.18 Å². The van der Waals surface area contributed by atoms with E-state index in [1.54, 1.807) is 23.7 Å². The van der Waals surface area contributed by atoms with Gasteiger partial charge in [0.05, 0.1) is 21.8 Å². The maximum absolute atomic E-state index is 14.2. The molecule has 1 aromatic heterocycles. The van der Waals surface area contributed by atoms with Gasteiger partial charge in [0, 0.05) is 44.3 Å². The number of rotatable bonds is 8. The molecule has 3 aromatic rings. The molecule has 2 heterocycles. The third-order valence-electron chi connectivity index (χ3n) is 7.37. The molecule has 1 aliphatic heterocycles. The van der Waals surface area contributed by atoms with Crippen molar-refractivity contribution in [3.05, 3.63) is 71.2 Å². The van der Waals surface area contributed by atoms with Crippen LogP contribution in [0.5, 0.6) is 0 Å². The summed E-state index contributed by atoms with van der Waals surface area (Å²) in [5.41, 5.74) is 0.739. The van der Waals surface area contributed by atoms with E-state index in [0.29, 0.717) is 54.8 Å². The largest absolute Gasteiger partial charge is 0.416 e. The van der Waals surface area contributed by atoms with Crippen molar-refractivity contribution in [2.45, 2.75) is 50.3 Å². The van der Waals surface area contributed by atoms with Gasteiger partial charge in [-0.15, -0.1) is 0 Å². The minimum Gasteiger partial charge on any atom is -0.354 e. The van der Waals surface area contributed by atoms with E-state index in [-0.39, 0.29) is 12.6 Å². The average molecular weight is 566 g/mol. The second kappa shape index (κ2) is 10.5. The van der Waals surface area contributed by atoms with Gasteiger partial charge in [0.1, 0.15) is 11.6 Å². The van der Waals surface area contributed by atoms with Crippen molar-refractivity contribution in [1.82, 2.24) is 19.0 Å². The Balaban J connectivity index is 1.57. The first-order valence-corrected chi connectivity index (χ1v) is 14.4. The van der Waals surface area contributed by atoms with E-state index in [2.05, 4.69) is 16.7 Å². The first-order chi connectivity index (χ1) is 18.5. The Hall–Kier alpha value is -2.96. The van der Waals surface area contributed by atoms with E-state index in [1.165, 1.54) is 22.5 Å². The van der Waals surface area contributed by atoms with Crippen molar-refractivity contribution in [2.75, 3.05) is 37.6 Å². The van der Waals surface area contributed by atoms with E-state index < -0.39 is 32.5 Å². The molecular formula is C27H31F4N5O2S. The molecule has 2 aromatic carbocycles. The molecule has 7 nitrogen and oxygen atoms in total. The summed E-state index contributed by atoms with van der Waals surface area (Å²) < 4.78 is 84.8. The highest BCUT2D eigenvalue weighted by Crippen LogP contribution is 2.38. The number of halogens is 4. The molecule has 0 unspecified atom stereocenters. The number of hydrogen-bond donors (Lipinski definition) is 0. The van der Waals surface area contributed by atoms with E-state index in [9.17, 15) is 26.0 Å². The van der Waals surface area contributed by atoms with Crippen LogP contribution in [0.3, 0.4) is 0 Å². The Morgan fingerprint density at radius 2 is 1.72 bits per heavy atom. The number of sulfonamides is 1. The quantitative estimate of drug-likeness (QED) is 0.366. The number of aromatic nitrogens is 2. The molecule has 0 atom stereocenters. The Labute approximate surface area is 225 Å². The lowest BCUT2D eigenvalue weighted by Gasteiger charge is -2.36. The summed E-state index contributed by atoms with van der Waals surface area (Å²) in [6, 6.07) is 9.61. The molecule has 39 heavy (non-hydrogen) atoms. The Bertz CT molecular complexity index is 1440. The van der Waals surface area contributed by atoms with Gasteiger partial charge in [-0.25, -0.2) is 17.5 Å². The van der Waals surface area contributed by atoms with Crippen molar-refractivity contribution in [2.24, 2.45) is 0 Å². The zero-order valence-corrected chi connectivity index (χ0v) is 22.6. The Morgan fingerprint density at radius 1 is 1.03 bits per heavy atom. The number of hydrogen-bond acceptors (Lipinski definition) is 5. The van der Waals surface area contributed by atoms with E-state index >= 15 is 0 Å². The predicted octanol–water partition coefficient (Wildman–Crippen LogP) is 4.83. The summed E-state index contributed by atoms with van der Waals surface area (Å²) in [5.74, 6) is 0.259. The molecule has 2 fully saturated rings. The highest BCUT2D eigenvalue weighted by molar-refractivity contribution is 7.89. The van der Waals surface area contributed by atoms with Gasteiger partial charge in [-0.05, 0) is 62.7 Å². The summed E-state index contributed by atoms with van der Waals surface area (Å²) in [7, 11) is -4.25. The number of benzene rings is 2. The SMILES string of the molecule is CCN1CCN(c2c(CN(C3CC3)S(=O)(=O)c3cccc(C(F)(F)F)c3)c(C)nn2-c2cccc(F)c2)CC1. The van der Waals surface area contributed by atoms with Crippen LogP contribution < -0.4 is 4.90 Å². The van der Waals surface area contributed by atoms with Gasteiger partial charge in [0.15, 0.2) is 0 Å². The molecule has 5 rings (SSSR count). The molecule has 0 N–H and O–H groups in total. The van der Waals surface area contributed by atoms with Crippen LogP contribution >= 0.6 is 0 Å². The molecule has 2 aliphatic rings. The van der Waals surface area contributed by atoms with Crippen molar-refractivity contribution >= 4 is 15.8 Å². The van der Waals surface area contributed by atoms with E-state index in [4.69, 9.17) is 5.10 Å². The van der Waals surface area contributed by atoms with Crippen molar-refractivity contribution < 1.29 is 26.0 Å². The molecule has 210 valence electrons. The monoisotopic (exact) mass is 565 g/mol. The fourth-order valence-electron chi connectivity index (χ4n) is 5.02. The van der Waals surface area contributed by atoms with Crippen molar-refractivity contribution in [3.8, 4) is 5.69 Å². The normalized spacial score (nSPS) is 17.3. The number of likely N-dealkylation sites (N-methyl/N-ethyl adjacent to an activating group) is 1. The number of piperazine rings is 1. The lowest BCUT2D eigenvalue weighted by molar-refractivity contribution is -0.137. The van der Waals surface area contributed by atoms with Crippen LogP contribution in [-0.2, 0) is 22.7 Å². The second-order valence-corrected chi connectivity index (χ2v) is 11.9. The van der Waals surface area contributed by atoms with Crippen LogP contribution in [0.2, 0.25) is 0 Å². The van der Waals surface area contributed by atoms with Crippen molar-refractivity contribution in [1.29, 1.82) is 0 Å². The molecule has 0 spiro atoms. The minimum absolute atomic E-state index is 0.0479. The maximum Gasteiger partial charge on any atom is 0.416 e. The smallest absolute Gasteiger partial charge is 0.354 e. The summed E-state index contributed by atoms with van der Waals surface area (Å²) in [4.78, 5) is 4.05. The molecule has 12 heteroatoms. The van der Waals surface area contributed by atoms with Crippen molar-refractivity contribution in [3.63, 3.8) is 0 Å². The summed E-state index contributed by atoms with van der Waals surface area (Å²) in [5, 5.41) is 4.69. The lowest BCUT2D eigenvalue weighted by Crippen LogP contribution is -2.47. The van der Waals surface area contributed by atoms with Gasteiger partial charge in [0.2, 0.25) is 10.0 Å². The summed E-state index contributed by atoms with van der Waals surface area (Å²) in [6.07, 6.45) is -3.41. The zero-order chi connectivity index (χ0) is 27.9. The van der Waals surface area contributed by atoms with Crippen LogP contribution in [0.4, 0.5) is 23.4 Å². The van der Waals surface area contributed by atoms with Crippen LogP contribution in [-0.4, -0.2) is 66.2 Å². The van der Waals surface area contributed by atoms with E-state index in [0.717, 1.165) is 31.8 Å². The first-order valence-electron chi connectivity index (χ1n) is 13.0. The molecule has 1 saturated heterocycles. The summed E-state index contributed by atoms with van der Waals surface area (Å²) in [6.45, 7) is 7.68. The second-order valence-electron chi connectivity index (χ2n) is 10.0. The lowest BCUT2D eigenvalue weighted by atomic mass is 10.2. The van der Waals surface area contributed by atoms with Crippen LogP contribution in [0, 0.1) is 12.7 Å². The fraction of sp³-hybridized carbons (Fsp3) is 0.444. The van der Waals surface area contributed by atoms with Gasteiger partial charge in [-0.3, -0.25) is 0 Å². The standard InChI is InChI=1S/C27H31F4N5O2S/c1-3-33-12-14-34(15-13-33)26-25(19(2)32-36(26)23-8-5-7-21(28)17-23)18-35(22-10-11-22)39(37,38)24-9-4-6-20(16-24)27(29,30)31/h4-9,16-17,22H,3,10-15,18H2,1-2H3. The molecule has 0 amide bonds. The first kappa shape index (κ1) is 27.6. The molecule has 0 bridgehead atoms. The highest BCUT2D eigenvalue weighted by atomic mass is 32.2. The number of anilines is 1. The van der Waals surface area contributed by atoms with Crippen LogP contribution in [0.15, 0.2) is 53.4 Å². The van der Waals surface area contributed by atoms with Crippen LogP contribution in [0.25, 0.3) is 5.69 Å². The summed E-state index contributed by atoms with van der Waals surface area (Å²) >= 11 is 0. The number of alkyl halides is 3. The average Bonchev–Trinajstić information content (AvgIpc) is 3.69. The highest BCUT2D eigenvalue weighted by Gasteiger charge is 2.41. The Morgan fingerprint density at radius 3 is 2.33 bits per heavy atom. The molecule has 0 radical (unpaired) electrons. The number of aryl methyl sites for hydroxylation is 1. The third-order valence-corrected chi connectivity index (χ3v) is 9.26. The van der Waals surface area contributed by atoms with Gasteiger partial charge in [-0.1, -0.05) is 19.1 Å². The molecular weight excluding hydrogens is 534 g/mol. The third kappa shape index (κ3) is 5.68. The topological polar surface area (TPSA) is 61.7 Å².